The highest BCUT2D eigenvalue weighted by Gasteiger charge is 2.15. The summed E-state index contributed by atoms with van der Waals surface area (Å²) in [5.74, 6) is -1.51. The van der Waals surface area contributed by atoms with Crippen LogP contribution in [0.25, 0.3) is 20.8 Å². The van der Waals surface area contributed by atoms with Crippen molar-refractivity contribution < 1.29 is 9.59 Å². The second kappa shape index (κ2) is 8.26. The largest absolute Gasteiger partial charge is 0.318 e. The highest BCUT2D eigenvalue weighted by atomic mass is 35.5. The summed E-state index contributed by atoms with van der Waals surface area (Å²) in [4.78, 5) is 29.1. The topological polar surface area (TPSA) is 71.1 Å². The van der Waals surface area contributed by atoms with Gasteiger partial charge in [-0.3, -0.25) is 9.59 Å². The van der Waals surface area contributed by atoms with E-state index in [1.807, 2.05) is 31.2 Å². The molecule has 0 spiro atoms. The summed E-state index contributed by atoms with van der Waals surface area (Å²) in [5, 5.41) is 6.58. The molecule has 0 saturated heterocycles. The zero-order valence-corrected chi connectivity index (χ0v) is 17.9. The minimum Gasteiger partial charge on any atom is -0.318 e. The Morgan fingerprint density at radius 1 is 0.900 bits per heavy atom. The third-order valence-electron chi connectivity index (χ3n) is 4.59. The van der Waals surface area contributed by atoms with Crippen molar-refractivity contribution in [2.45, 2.75) is 13.8 Å². The van der Waals surface area contributed by atoms with Gasteiger partial charge in [0.05, 0.1) is 10.2 Å². The van der Waals surface area contributed by atoms with Crippen LogP contribution in [0, 0.1) is 13.8 Å². The standard InChI is InChI=1S/C23H18ClN3O2S/c1-13-3-10-18-20(11-13)30-23(27-18)15-5-8-17(9-6-15)25-21(28)22(29)26-19-12-16(24)7-4-14(19)2/h3-12H,1-2H3,(H,25,28)(H,26,29). The quantitative estimate of drug-likeness (QED) is 0.399. The zero-order chi connectivity index (χ0) is 21.3. The SMILES string of the molecule is Cc1ccc2nc(-c3ccc(NC(=O)C(=O)Nc4cc(Cl)ccc4C)cc3)sc2c1. The average Bonchev–Trinajstić information content (AvgIpc) is 3.14. The normalized spacial score (nSPS) is 10.8. The number of benzene rings is 3. The molecule has 0 aliphatic heterocycles. The molecule has 2 N–H and O–H groups in total. The van der Waals surface area contributed by atoms with E-state index in [4.69, 9.17) is 11.6 Å². The predicted molar refractivity (Wildman–Crippen MR) is 123 cm³/mol. The maximum Gasteiger partial charge on any atom is 0.314 e. The van der Waals surface area contributed by atoms with E-state index in [0.717, 1.165) is 26.4 Å². The summed E-state index contributed by atoms with van der Waals surface area (Å²) >= 11 is 7.57. The van der Waals surface area contributed by atoms with Crippen LogP contribution in [0.5, 0.6) is 0 Å². The first-order chi connectivity index (χ1) is 14.4. The molecular weight excluding hydrogens is 418 g/mol. The number of anilines is 2. The van der Waals surface area contributed by atoms with Gasteiger partial charge >= 0.3 is 11.8 Å². The Hall–Kier alpha value is -3.22. The zero-order valence-electron chi connectivity index (χ0n) is 16.3. The first-order valence-electron chi connectivity index (χ1n) is 9.25. The van der Waals surface area contributed by atoms with Gasteiger partial charge < -0.3 is 10.6 Å². The van der Waals surface area contributed by atoms with Crippen molar-refractivity contribution in [2.75, 3.05) is 10.6 Å². The second-order valence-corrected chi connectivity index (χ2v) is 8.40. The lowest BCUT2D eigenvalue weighted by molar-refractivity contribution is -0.133. The van der Waals surface area contributed by atoms with Crippen molar-refractivity contribution in [2.24, 2.45) is 0 Å². The summed E-state index contributed by atoms with van der Waals surface area (Å²) in [7, 11) is 0. The fraction of sp³-hybridized carbons (Fsp3) is 0.0870. The molecule has 4 rings (SSSR count). The second-order valence-electron chi connectivity index (χ2n) is 6.94. The molecule has 4 aromatic rings. The van der Waals surface area contributed by atoms with Crippen LogP contribution in [0.1, 0.15) is 11.1 Å². The third kappa shape index (κ3) is 4.35. The maximum atomic E-state index is 12.3. The number of amides is 2. The van der Waals surface area contributed by atoms with Crippen molar-refractivity contribution in [3.05, 3.63) is 76.8 Å². The van der Waals surface area contributed by atoms with E-state index in [0.29, 0.717) is 16.4 Å². The van der Waals surface area contributed by atoms with E-state index in [9.17, 15) is 9.59 Å². The van der Waals surface area contributed by atoms with Crippen LogP contribution in [0.2, 0.25) is 5.02 Å². The molecule has 0 bridgehead atoms. The van der Waals surface area contributed by atoms with Gasteiger partial charge in [-0.05, 0) is 73.5 Å². The fourth-order valence-electron chi connectivity index (χ4n) is 2.95. The van der Waals surface area contributed by atoms with Crippen LogP contribution in [0.4, 0.5) is 11.4 Å². The molecule has 7 heteroatoms. The number of halogens is 1. The Bertz CT molecular complexity index is 1270. The molecule has 150 valence electrons. The smallest absolute Gasteiger partial charge is 0.314 e. The Morgan fingerprint density at radius 3 is 2.40 bits per heavy atom. The molecule has 0 aliphatic carbocycles. The number of aryl methyl sites for hydroxylation is 2. The van der Waals surface area contributed by atoms with Gasteiger partial charge in [-0.15, -0.1) is 11.3 Å². The lowest BCUT2D eigenvalue weighted by Gasteiger charge is -2.09. The molecule has 0 fully saturated rings. The molecule has 0 aliphatic rings. The van der Waals surface area contributed by atoms with Gasteiger partial charge in [0.25, 0.3) is 0 Å². The van der Waals surface area contributed by atoms with E-state index in [-0.39, 0.29) is 0 Å². The molecule has 0 radical (unpaired) electrons. The lowest BCUT2D eigenvalue weighted by atomic mass is 10.2. The number of rotatable bonds is 3. The summed E-state index contributed by atoms with van der Waals surface area (Å²) in [6, 6.07) is 18.5. The van der Waals surface area contributed by atoms with Crippen molar-refractivity contribution in [1.29, 1.82) is 0 Å². The van der Waals surface area contributed by atoms with E-state index < -0.39 is 11.8 Å². The average molecular weight is 436 g/mol. The van der Waals surface area contributed by atoms with Crippen LogP contribution >= 0.6 is 22.9 Å². The molecule has 0 saturated carbocycles. The number of nitrogens with one attached hydrogen (secondary N) is 2. The van der Waals surface area contributed by atoms with Crippen LogP contribution < -0.4 is 10.6 Å². The number of carbonyl (C=O) groups is 2. The lowest BCUT2D eigenvalue weighted by Crippen LogP contribution is -2.29. The molecule has 2 amide bonds. The minimum absolute atomic E-state index is 0.483. The first-order valence-corrected chi connectivity index (χ1v) is 10.4. The number of aromatic nitrogens is 1. The molecule has 0 atom stereocenters. The molecule has 5 nitrogen and oxygen atoms in total. The highest BCUT2D eigenvalue weighted by Crippen LogP contribution is 2.31. The summed E-state index contributed by atoms with van der Waals surface area (Å²) < 4.78 is 1.13. The number of nitrogens with zero attached hydrogens (tertiary/aromatic N) is 1. The molecule has 0 unspecified atom stereocenters. The van der Waals surface area contributed by atoms with Crippen LogP contribution in [-0.2, 0) is 9.59 Å². The highest BCUT2D eigenvalue weighted by molar-refractivity contribution is 7.21. The minimum atomic E-state index is -0.758. The molecule has 30 heavy (non-hydrogen) atoms. The third-order valence-corrected chi connectivity index (χ3v) is 5.89. The van der Waals surface area contributed by atoms with Gasteiger partial charge in [0, 0.05) is 22.0 Å². The van der Waals surface area contributed by atoms with Crippen molar-refractivity contribution >= 4 is 56.3 Å². The van der Waals surface area contributed by atoms with Gasteiger partial charge in [-0.2, -0.15) is 0 Å². The first kappa shape index (κ1) is 20.1. The van der Waals surface area contributed by atoms with E-state index in [1.54, 1.807) is 41.7 Å². The summed E-state index contributed by atoms with van der Waals surface area (Å²) in [6.45, 7) is 3.88. The molecular formula is C23H18ClN3O2S. The van der Waals surface area contributed by atoms with Crippen LogP contribution in [0.3, 0.4) is 0 Å². The number of thiazole rings is 1. The molecule has 3 aromatic carbocycles. The van der Waals surface area contributed by atoms with Crippen molar-refractivity contribution in [3.63, 3.8) is 0 Å². The molecule has 1 aromatic heterocycles. The number of hydrogen-bond donors (Lipinski definition) is 2. The summed E-state index contributed by atoms with van der Waals surface area (Å²) in [6.07, 6.45) is 0. The number of fused-ring (bicyclic) bond motifs is 1. The van der Waals surface area contributed by atoms with E-state index >= 15 is 0 Å². The predicted octanol–water partition coefficient (Wildman–Crippen LogP) is 5.81. The summed E-state index contributed by atoms with van der Waals surface area (Å²) in [5.41, 5.74) is 4.96. The van der Waals surface area contributed by atoms with Gasteiger partial charge in [-0.25, -0.2) is 4.98 Å². The van der Waals surface area contributed by atoms with Gasteiger partial charge in [0.1, 0.15) is 5.01 Å². The number of hydrogen-bond acceptors (Lipinski definition) is 4. The maximum absolute atomic E-state index is 12.3. The van der Waals surface area contributed by atoms with E-state index in [1.165, 1.54) is 5.56 Å². The Balaban J connectivity index is 1.45. The van der Waals surface area contributed by atoms with Gasteiger partial charge in [0.2, 0.25) is 0 Å². The van der Waals surface area contributed by atoms with Gasteiger partial charge in [-0.1, -0.05) is 23.7 Å². The van der Waals surface area contributed by atoms with Crippen molar-refractivity contribution in [3.8, 4) is 10.6 Å². The van der Waals surface area contributed by atoms with Crippen molar-refractivity contribution in [1.82, 2.24) is 4.98 Å². The van der Waals surface area contributed by atoms with Crippen LogP contribution in [0.15, 0.2) is 60.7 Å². The Labute approximate surface area is 182 Å². The van der Waals surface area contributed by atoms with E-state index in [2.05, 4.69) is 28.6 Å². The Morgan fingerprint density at radius 2 is 1.63 bits per heavy atom. The number of carbonyl (C=O) groups excluding carboxylic acids is 2. The van der Waals surface area contributed by atoms with Gasteiger partial charge in [0.15, 0.2) is 0 Å². The molecule has 1 heterocycles. The monoisotopic (exact) mass is 435 g/mol. The fourth-order valence-corrected chi connectivity index (χ4v) is 4.19. The Kier molecular flexibility index (Phi) is 5.53. The van der Waals surface area contributed by atoms with Crippen LogP contribution in [-0.4, -0.2) is 16.8 Å².